The molecular weight excluding hydrogens is 238 g/mol. The SMILES string of the molecule is N#CCc1nc2ccccc2n1CCC1CCCO1. The third-order valence-electron chi connectivity index (χ3n) is 3.67. The van der Waals surface area contributed by atoms with Crippen LogP contribution >= 0.6 is 0 Å². The molecule has 4 heteroatoms. The number of hydrogen-bond donors (Lipinski definition) is 0. The lowest BCUT2D eigenvalue weighted by Crippen LogP contribution is -2.12. The van der Waals surface area contributed by atoms with Crippen molar-refractivity contribution in [2.24, 2.45) is 0 Å². The van der Waals surface area contributed by atoms with Crippen molar-refractivity contribution in [2.75, 3.05) is 6.61 Å². The highest BCUT2D eigenvalue weighted by atomic mass is 16.5. The number of nitriles is 1. The quantitative estimate of drug-likeness (QED) is 0.844. The fourth-order valence-corrected chi connectivity index (χ4v) is 2.73. The Morgan fingerprint density at radius 2 is 2.32 bits per heavy atom. The highest BCUT2D eigenvalue weighted by Crippen LogP contribution is 2.20. The Bertz CT molecular complexity index is 605. The Hall–Kier alpha value is -1.86. The molecule has 0 bridgehead atoms. The van der Waals surface area contributed by atoms with Crippen LogP contribution in [0.5, 0.6) is 0 Å². The third kappa shape index (κ3) is 2.47. The molecule has 1 fully saturated rings. The van der Waals surface area contributed by atoms with Gasteiger partial charge in [-0.15, -0.1) is 0 Å². The molecule has 0 spiro atoms. The van der Waals surface area contributed by atoms with E-state index in [1.54, 1.807) is 0 Å². The molecule has 1 atom stereocenters. The fourth-order valence-electron chi connectivity index (χ4n) is 2.73. The molecule has 1 aliphatic rings. The molecule has 1 aliphatic heterocycles. The fraction of sp³-hybridized carbons (Fsp3) is 0.467. The molecule has 1 saturated heterocycles. The maximum Gasteiger partial charge on any atom is 0.124 e. The Morgan fingerprint density at radius 1 is 1.42 bits per heavy atom. The predicted octanol–water partition coefficient (Wildman–Crippen LogP) is 2.67. The lowest BCUT2D eigenvalue weighted by atomic mass is 10.2. The number of hydrogen-bond acceptors (Lipinski definition) is 3. The lowest BCUT2D eigenvalue weighted by Gasteiger charge is -2.12. The summed E-state index contributed by atoms with van der Waals surface area (Å²) in [7, 11) is 0. The summed E-state index contributed by atoms with van der Waals surface area (Å²) in [6, 6.07) is 10.3. The standard InChI is InChI=1S/C15H17N3O/c16-9-7-15-17-13-5-1-2-6-14(13)18(15)10-8-12-4-3-11-19-12/h1-2,5-6,12H,3-4,7-8,10-11H2. The van der Waals surface area contributed by atoms with E-state index in [0.717, 1.165) is 42.9 Å². The summed E-state index contributed by atoms with van der Waals surface area (Å²) in [5, 5.41) is 8.92. The Labute approximate surface area is 112 Å². The summed E-state index contributed by atoms with van der Waals surface area (Å²) in [4.78, 5) is 4.55. The van der Waals surface area contributed by atoms with Crippen molar-refractivity contribution in [2.45, 2.75) is 38.3 Å². The van der Waals surface area contributed by atoms with Gasteiger partial charge in [0.05, 0.1) is 29.6 Å². The molecule has 1 aromatic heterocycles. The number of aryl methyl sites for hydroxylation is 1. The van der Waals surface area contributed by atoms with Crippen molar-refractivity contribution in [3.63, 3.8) is 0 Å². The van der Waals surface area contributed by atoms with Gasteiger partial charge in [0.1, 0.15) is 5.82 Å². The Kier molecular flexibility index (Phi) is 3.47. The second kappa shape index (κ2) is 5.41. The van der Waals surface area contributed by atoms with Crippen LogP contribution in [0.2, 0.25) is 0 Å². The van der Waals surface area contributed by atoms with Gasteiger partial charge >= 0.3 is 0 Å². The average molecular weight is 255 g/mol. The molecule has 0 amide bonds. The van der Waals surface area contributed by atoms with Crippen LogP contribution in [0.4, 0.5) is 0 Å². The molecule has 0 N–H and O–H groups in total. The van der Waals surface area contributed by atoms with Crippen molar-refractivity contribution in [1.29, 1.82) is 5.26 Å². The molecule has 98 valence electrons. The van der Waals surface area contributed by atoms with Crippen LogP contribution in [0, 0.1) is 11.3 Å². The smallest absolute Gasteiger partial charge is 0.124 e. The number of benzene rings is 1. The van der Waals surface area contributed by atoms with E-state index in [1.807, 2.05) is 18.2 Å². The molecule has 2 heterocycles. The van der Waals surface area contributed by atoms with Gasteiger partial charge in [0.15, 0.2) is 0 Å². The number of para-hydroxylation sites is 2. The van der Waals surface area contributed by atoms with Crippen molar-refractivity contribution < 1.29 is 4.74 Å². The van der Waals surface area contributed by atoms with Crippen molar-refractivity contribution in [1.82, 2.24) is 9.55 Å². The third-order valence-corrected chi connectivity index (χ3v) is 3.67. The zero-order valence-electron chi connectivity index (χ0n) is 10.9. The lowest BCUT2D eigenvalue weighted by molar-refractivity contribution is 0.100. The monoisotopic (exact) mass is 255 g/mol. The Morgan fingerprint density at radius 3 is 3.11 bits per heavy atom. The van der Waals surface area contributed by atoms with Gasteiger partial charge in [-0.3, -0.25) is 0 Å². The number of ether oxygens (including phenoxy) is 1. The van der Waals surface area contributed by atoms with Crippen LogP contribution in [0.15, 0.2) is 24.3 Å². The van der Waals surface area contributed by atoms with Crippen molar-refractivity contribution in [3.8, 4) is 6.07 Å². The summed E-state index contributed by atoms with van der Waals surface area (Å²) in [5.41, 5.74) is 2.09. The molecule has 0 aliphatic carbocycles. The van der Waals surface area contributed by atoms with Crippen molar-refractivity contribution in [3.05, 3.63) is 30.1 Å². The van der Waals surface area contributed by atoms with Gasteiger partial charge in [0.25, 0.3) is 0 Å². The van der Waals surface area contributed by atoms with Gasteiger partial charge in [0, 0.05) is 13.2 Å². The van der Waals surface area contributed by atoms with Gasteiger partial charge in [-0.25, -0.2) is 4.98 Å². The normalized spacial score (nSPS) is 18.8. The summed E-state index contributed by atoms with van der Waals surface area (Å²) in [6.07, 6.45) is 4.05. The van der Waals surface area contributed by atoms with Gasteiger partial charge in [-0.05, 0) is 31.4 Å². The summed E-state index contributed by atoms with van der Waals surface area (Å²) >= 11 is 0. The minimum absolute atomic E-state index is 0.361. The number of aromatic nitrogens is 2. The van der Waals surface area contributed by atoms with Crippen LogP contribution in [-0.4, -0.2) is 22.3 Å². The molecular formula is C15H17N3O. The average Bonchev–Trinajstić information content (AvgIpc) is 3.04. The van der Waals surface area contributed by atoms with E-state index in [1.165, 1.54) is 6.42 Å². The molecule has 1 unspecified atom stereocenters. The van der Waals surface area contributed by atoms with Crippen LogP contribution in [0.25, 0.3) is 11.0 Å². The first-order valence-corrected chi connectivity index (χ1v) is 6.81. The molecule has 3 rings (SSSR count). The van der Waals surface area contributed by atoms with Crippen molar-refractivity contribution >= 4 is 11.0 Å². The molecule has 0 saturated carbocycles. The zero-order valence-corrected chi connectivity index (χ0v) is 10.9. The number of fused-ring (bicyclic) bond motifs is 1. The maximum atomic E-state index is 8.92. The Balaban J connectivity index is 1.86. The summed E-state index contributed by atoms with van der Waals surface area (Å²) in [5.74, 6) is 0.863. The first-order valence-electron chi connectivity index (χ1n) is 6.81. The summed E-state index contributed by atoms with van der Waals surface area (Å²) in [6.45, 7) is 1.77. The minimum atomic E-state index is 0.361. The molecule has 19 heavy (non-hydrogen) atoms. The molecule has 2 aromatic rings. The number of nitrogens with zero attached hydrogens (tertiary/aromatic N) is 3. The van der Waals surface area contributed by atoms with E-state index in [-0.39, 0.29) is 0 Å². The topological polar surface area (TPSA) is 50.8 Å². The van der Waals surface area contributed by atoms with E-state index in [9.17, 15) is 0 Å². The number of rotatable bonds is 4. The number of imidazole rings is 1. The van der Waals surface area contributed by atoms with Gasteiger partial charge in [-0.2, -0.15) is 5.26 Å². The largest absolute Gasteiger partial charge is 0.378 e. The first kappa shape index (κ1) is 12.2. The van der Waals surface area contributed by atoms with Crippen LogP contribution in [0.3, 0.4) is 0 Å². The van der Waals surface area contributed by atoms with E-state index in [4.69, 9.17) is 10.00 Å². The van der Waals surface area contributed by atoms with Gasteiger partial charge < -0.3 is 9.30 Å². The molecule has 0 radical (unpaired) electrons. The van der Waals surface area contributed by atoms with Crippen LogP contribution in [0.1, 0.15) is 25.1 Å². The van der Waals surface area contributed by atoms with Crippen LogP contribution < -0.4 is 0 Å². The van der Waals surface area contributed by atoms with E-state index in [2.05, 4.69) is 21.7 Å². The highest BCUT2D eigenvalue weighted by molar-refractivity contribution is 5.75. The molecule has 1 aromatic carbocycles. The van der Waals surface area contributed by atoms with E-state index >= 15 is 0 Å². The highest BCUT2D eigenvalue weighted by Gasteiger charge is 2.17. The summed E-state index contributed by atoms with van der Waals surface area (Å²) < 4.78 is 7.83. The predicted molar refractivity (Wildman–Crippen MR) is 72.6 cm³/mol. The van der Waals surface area contributed by atoms with Crippen LogP contribution in [-0.2, 0) is 17.7 Å². The van der Waals surface area contributed by atoms with Gasteiger partial charge in [0.2, 0.25) is 0 Å². The zero-order chi connectivity index (χ0) is 13.1. The minimum Gasteiger partial charge on any atom is -0.378 e. The second-order valence-corrected chi connectivity index (χ2v) is 4.93. The van der Waals surface area contributed by atoms with E-state index < -0.39 is 0 Å². The second-order valence-electron chi connectivity index (χ2n) is 4.93. The van der Waals surface area contributed by atoms with E-state index in [0.29, 0.717) is 12.5 Å². The maximum absolute atomic E-state index is 8.92. The first-order chi connectivity index (χ1) is 9.38. The molecule has 4 nitrogen and oxygen atoms in total. The van der Waals surface area contributed by atoms with Gasteiger partial charge in [-0.1, -0.05) is 12.1 Å².